The third kappa shape index (κ3) is 7.33. The molecule has 0 aliphatic heterocycles. The standard InChI is InChI=1S/C25H26BrNO4/c1-2-3-15-31-24-14-9-19(18-23(24)26)25(28)27-20-10-12-22(13-11-20)30-17-16-29-21-7-5-4-6-8-21/h4-14,18H,2-3,15-17H2,1H3,(H,27,28). The molecule has 0 aliphatic carbocycles. The van der Waals surface area contributed by atoms with E-state index in [0.29, 0.717) is 36.8 Å². The number of nitrogens with one attached hydrogen (secondary N) is 1. The quantitative estimate of drug-likeness (QED) is 0.323. The summed E-state index contributed by atoms with van der Waals surface area (Å²) in [6.45, 7) is 3.66. The number of hydrogen-bond acceptors (Lipinski definition) is 4. The summed E-state index contributed by atoms with van der Waals surface area (Å²) in [7, 11) is 0. The van der Waals surface area contributed by atoms with Gasteiger partial charge < -0.3 is 19.5 Å². The molecule has 3 aromatic carbocycles. The smallest absolute Gasteiger partial charge is 0.255 e. The van der Waals surface area contributed by atoms with E-state index in [4.69, 9.17) is 14.2 Å². The normalized spacial score (nSPS) is 10.4. The fourth-order valence-corrected chi connectivity index (χ4v) is 3.25. The summed E-state index contributed by atoms with van der Waals surface area (Å²) in [5.74, 6) is 2.08. The molecule has 1 amide bonds. The van der Waals surface area contributed by atoms with Gasteiger partial charge in [-0.1, -0.05) is 31.5 Å². The fourth-order valence-electron chi connectivity index (χ4n) is 2.76. The summed E-state index contributed by atoms with van der Waals surface area (Å²) in [5, 5.41) is 2.89. The van der Waals surface area contributed by atoms with E-state index in [2.05, 4.69) is 28.2 Å². The third-order valence-electron chi connectivity index (χ3n) is 4.43. The van der Waals surface area contributed by atoms with Crippen LogP contribution in [0, 0.1) is 0 Å². The molecule has 0 saturated heterocycles. The second kappa shape index (κ2) is 12.0. The topological polar surface area (TPSA) is 56.8 Å². The van der Waals surface area contributed by atoms with Gasteiger partial charge in [0.25, 0.3) is 5.91 Å². The van der Waals surface area contributed by atoms with E-state index in [1.807, 2.05) is 60.7 Å². The van der Waals surface area contributed by atoms with Crippen LogP contribution in [-0.2, 0) is 0 Å². The van der Waals surface area contributed by atoms with Crippen LogP contribution in [0.3, 0.4) is 0 Å². The molecule has 0 fully saturated rings. The second-order valence-corrected chi connectivity index (χ2v) is 7.69. The SMILES string of the molecule is CCCCOc1ccc(C(=O)Nc2ccc(OCCOc3ccccc3)cc2)cc1Br. The number of para-hydroxylation sites is 1. The van der Waals surface area contributed by atoms with Crippen molar-refractivity contribution < 1.29 is 19.0 Å². The fraction of sp³-hybridized carbons (Fsp3) is 0.240. The number of unbranched alkanes of at least 4 members (excludes halogenated alkanes) is 1. The minimum atomic E-state index is -0.189. The van der Waals surface area contributed by atoms with Crippen LogP contribution in [0.2, 0.25) is 0 Å². The predicted octanol–water partition coefficient (Wildman–Crippen LogP) is 6.34. The highest BCUT2D eigenvalue weighted by Crippen LogP contribution is 2.27. The molecule has 3 aromatic rings. The number of ether oxygens (including phenoxy) is 3. The molecule has 1 N–H and O–H groups in total. The van der Waals surface area contributed by atoms with Gasteiger partial charge >= 0.3 is 0 Å². The van der Waals surface area contributed by atoms with Crippen molar-refractivity contribution >= 4 is 27.5 Å². The van der Waals surface area contributed by atoms with Crippen LogP contribution in [0.1, 0.15) is 30.1 Å². The first-order valence-electron chi connectivity index (χ1n) is 10.3. The van der Waals surface area contributed by atoms with E-state index in [1.54, 1.807) is 12.1 Å². The average molecular weight is 484 g/mol. The third-order valence-corrected chi connectivity index (χ3v) is 5.05. The van der Waals surface area contributed by atoms with Crippen molar-refractivity contribution in [3.8, 4) is 17.2 Å². The minimum absolute atomic E-state index is 0.189. The lowest BCUT2D eigenvalue weighted by Crippen LogP contribution is -2.12. The molecule has 3 rings (SSSR count). The highest BCUT2D eigenvalue weighted by Gasteiger charge is 2.10. The number of carbonyl (C=O) groups excluding carboxylic acids is 1. The Bertz CT molecular complexity index is 961. The molecule has 0 saturated carbocycles. The Morgan fingerprint density at radius 1 is 0.839 bits per heavy atom. The van der Waals surface area contributed by atoms with E-state index in [0.717, 1.165) is 28.8 Å². The van der Waals surface area contributed by atoms with Crippen LogP contribution >= 0.6 is 15.9 Å². The lowest BCUT2D eigenvalue weighted by Gasteiger charge is -2.11. The van der Waals surface area contributed by atoms with Gasteiger partial charge in [-0.3, -0.25) is 4.79 Å². The zero-order valence-corrected chi connectivity index (χ0v) is 19.1. The first-order valence-corrected chi connectivity index (χ1v) is 11.1. The van der Waals surface area contributed by atoms with Crippen LogP contribution in [0.15, 0.2) is 77.3 Å². The minimum Gasteiger partial charge on any atom is -0.492 e. The molecule has 0 aromatic heterocycles. The second-order valence-electron chi connectivity index (χ2n) is 6.84. The predicted molar refractivity (Wildman–Crippen MR) is 126 cm³/mol. The van der Waals surface area contributed by atoms with E-state index in [1.165, 1.54) is 0 Å². The Morgan fingerprint density at radius 2 is 1.52 bits per heavy atom. The Balaban J connectivity index is 1.46. The molecule has 0 bridgehead atoms. The number of rotatable bonds is 11. The Morgan fingerprint density at radius 3 is 2.16 bits per heavy atom. The van der Waals surface area contributed by atoms with Crippen LogP contribution in [0.4, 0.5) is 5.69 Å². The molecule has 162 valence electrons. The maximum Gasteiger partial charge on any atom is 0.255 e. The first kappa shape index (κ1) is 22.7. The monoisotopic (exact) mass is 483 g/mol. The number of carbonyl (C=O) groups is 1. The lowest BCUT2D eigenvalue weighted by atomic mass is 10.2. The van der Waals surface area contributed by atoms with Crippen LogP contribution < -0.4 is 19.5 Å². The van der Waals surface area contributed by atoms with Gasteiger partial charge in [0.05, 0.1) is 11.1 Å². The van der Waals surface area contributed by atoms with Crippen LogP contribution in [0.25, 0.3) is 0 Å². The van der Waals surface area contributed by atoms with Gasteiger partial charge in [0, 0.05) is 11.3 Å². The van der Waals surface area contributed by atoms with Crippen molar-refractivity contribution in [1.82, 2.24) is 0 Å². The zero-order chi connectivity index (χ0) is 21.9. The molecule has 31 heavy (non-hydrogen) atoms. The summed E-state index contributed by atoms with van der Waals surface area (Å²) in [6.07, 6.45) is 2.07. The van der Waals surface area contributed by atoms with Crippen molar-refractivity contribution in [3.63, 3.8) is 0 Å². The summed E-state index contributed by atoms with van der Waals surface area (Å²) in [5.41, 5.74) is 1.24. The molecule has 0 atom stereocenters. The number of amides is 1. The van der Waals surface area contributed by atoms with E-state index in [9.17, 15) is 4.79 Å². The van der Waals surface area contributed by atoms with Crippen molar-refractivity contribution in [3.05, 3.63) is 82.8 Å². The van der Waals surface area contributed by atoms with Gasteiger partial charge in [-0.05, 0) is 76.9 Å². The van der Waals surface area contributed by atoms with Crippen molar-refractivity contribution in [2.45, 2.75) is 19.8 Å². The van der Waals surface area contributed by atoms with Crippen LogP contribution in [-0.4, -0.2) is 25.7 Å². The number of benzene rings is 3. The van der Waals surface area contributed by atoms with Crippen molar-refractivity contribution in [1.29, 1.82) is 0 Å². The number of halogens is 1. The van der Waals surface area contributed by atoms with Gasteiger partial charge in [-0.2, -0.15) is 0 Å². The summed E-state index contributed by atoms with van der Waals surface area (Å²) < 4.78 is 17.8. The lowest BCUT2D eigenvalue weighted by molar-refractivity contribution is 0.102. The summed E-state index contributed by atoms with van der Waals surface area (Å²) in [4.78, 5) is 12.5. The molecule has 0 heterocycles. The van der Waals surface area contributed by atoms with Gasteiger partial charge in [0.1, 0.15) is 30.5 Å². The molecule has 5 nitrogen and oxygen atoms in total. The molecular weight excluding hydrogens is 458 g/mol. The number of hydrogen-bond donors (Lipinski definition) is 1. The molecule has 6 heteroatoms. The largest absolute Gasteiger partial charge is 0.492 e. The Labute approximate surface area is 191 Å². The van der Waals surface area contributed by atoms with Gasteiger partial charge in [-0.25, -0.2) is 0 Å². The molecule has 0 aliphatic rings. The highest BCUT2D eigenvalue weighted by atomic mass is 79.9. The molecule has 0 unspecified atom stereocenters. The van der Waals surface area contributed by atoms with Crippen molar-refractivity contribution in [2.75, 3.05) is 25.1 Å². The molecular formula is C25H26BrNO4. The van der Waals surface area contributed by atoms with Gasteiger partial charge in [0.2, 0.25) is 0 Å². The van der Waals surface area contributed by atoms with E-state index >= 15 is 0 Å². The van der Waals surface area contributed by atoms with Gasteiger partial charge in [-0.15, -0.1) is 0 Å². The summed E-state index contributed by atoms with van der Waals surface area (Å²) >= 11 is 3.48. The molecule has 0 spiro atoms. The van der Waals surface area contributed by atoms with E-state index < -0.39 is 0 Å². The van der Waals surface area contributed by atoms with Crippen LogP contribution in [0.5, 0.6) is 17.2 Å². The average Bonchev–Trinajstić information content (AvgIpc) is 2.79. The molecule has 0 radical (unpaired) electrons. The van der Waals surface area contributed by atoms with Gasteiger partial charge in [0.15, 0.2) is 0 Å². The Hall–Kier alpha value is -2.99. The zero-order valence-electron chi connectivity index (χ0n) is 17.5. The maximum absolute atomic E-state index is 12.5. The first-order chi connectivity index (χ1) is 15.2. The highest BCUT2D eigenvalue weighted by molar-refractivity contribution is 9.10. The summed E-state index contributed by atoms with van der Waals surface area (Å²) in [6, 6.07) is 22.2. The number of anilines is 1. The Kier molecular flexibility index (Phi) is 8.79. The van der Waals surface area contributed by atoms with Crippen molar-refractivity contribution in [2.24, 2.45) is 0 Å². The maximum atomic E-state index is 12.5. The van der Waals surface area contributed by atoms with E-state index in [-0.39, 0.29) is 5.91 Å².